The molecule has 0 spiro atoms. The Labute approximate surface area is 128 Å². The highest BCUT2D eigenvalue weighted by Crippen LogP contribution is 2.25. The number of nitrogens with one attached hydrogen (secondary N) is 1. The first-order valence-electron chi connectivity index (χ1n) is 7.73. The number of fused-ring (bicyclic) bond motifs is 1. The predicted molar refractivity (Wildman–Crippen MR) is 85.3 cm³/mol. The molecule has 3 aromatic rings. The molecule has 1 radical (unpaired) electrons. The van der Waals surface area contributed by atoms with Gasteiger partial charge in [0.1, 0.15) is 17.3 Å². The molecule has 1 fully saturated rings. The van der Waals surface area contributed by atoms with Crippen LogP contribution in [0.15, 0.2) is 42.5 Å². The SMILES string of the molecule is Fc1ccc(-c2[c]c3cccc(NC4CCCC4)n3n2)cc1. The molecule has 111 valence electrons. The first kappa shape index (κ1) is 13.3. The summed E-state index contributed by atoms with van der Waals surface area (Å²) in [6.07, 6.45) is 5.01. The molecule has 1 N–H and O–H groups in total. The number of aromatic nitrogens is 2. The summed E-state index contributed by atoms with van der Waals surface area (Å²) in [6, 6.07) is 16.2. The highest BCUT2D eigenvalue weighted by Gasteiger charge is 2.16. The Morgan fingerprint density at radius 2 is 1.86 bits per heavy atom. The molecule has 3 nitrogen and oxygen atoms in total. The van der Waals surface area contributed by atoms with Crippen LogP contribution in [0, 0.1) is 11.9 Å². The number of rotatable bonds is 3. The van der Waals surface area contributed by atoms with E-state index in [1.54, 1.807) is 12.1 Å². The molecule has 0 aliphatic heterocycles. The van der Waals surface area contributed by atoms with Crippen LogP contribution in [0.3, 0.4) is 0 Å². The van der Waals surface area contributed by atoms with Gasteiger partial charge in [0.05, 0.1) is 5.52 Å². The summed E-state index contributed by atoms with van der Waals surface area (Å²) in [5, 5.41) is 8.21. The molecule has 0 bridgehead atoms. The molecule has 0 unspecified atom stereocenters. The second kappa shape index (κ2) is 5.44. The molecule has 1 aliphatic rings. The van der Waals surface area contributed by atoms with Crippen molar-refractivity contribution in [3.63, 3.8) is 0 Å². The smallest absolute Gasteiger partial charge is 0.128 e. The number of nitrogens with zero attached hydrogens (tertiary/aromatic N) is 2. The minimum atomic E-state index is -0.240. The minimum absolute atomic E-state index is 0.240. The molecule has 4 heteroatoms. The zero-order chi connectivity index (χ0) is 14.9. The Balaban J connectivity index is 1.72. The monoisotopic (exact) mass is 294 g/mol. The van der Waals surface area contributed by atoms with Crippen molar-refractivity contribution >= 4 is 11.3 Å². The fourth-order valence-corrected chi connectivity index (χ4v) is 3.08. The lowest BCUT2D eigenvalue weighted by Gasteiger charge is -2.14. The van der Waals surface area contributed by atoms with Crippen LogP contribution < -0.4 is 5.32 Å². The lowest BCUT2D eigenvalue weighted by Crippen LogP contribution is -2.16. The second-order valence-corrected chi connectivity index (χ2v) is 5.81. The maximum absolute atomic E-state index is 13.1. The van der Waals surface area contributed by atoms with Crippen molar-refractivity contribution < 1.29 is 4.39 Å². The molecule has 1 aliphatic carbocycles. The van der Waals surface area contributed by atoms with E-state index in [1.165, 1.54) is 37.8 Å². The van der Waals surface area contributed by atoms with Gasteiger partial charge in [0, 0.05) is 17.7 Å². The third-order valence-corrected chi connectivity index (χ3v) is 4.24. The summed E-state index contributed by atoms with van der Waals surface area (Å²) in [4.78, 5) is 0. The highest BCUT2D eigenvalue weighted by atomic mass is 19.1. The van der Waals surface area contributed by atoms with Crippen LogP contribution in [0.1, 0.15) is 25.7 Å². The lowest BCUT2D eigenvalue weighted by atomic mass is 10.1. The van der Waals surface area contributed by atoms with Gasteiger partial charge in [-0.25, -0.2) is 8.91 Å². The van der Waals surface area contributed by atoms with E-state index in [0.29, 0.717) is 6.04 Å². The minimum Gasteiger partial charge on any atom is -0.367 e. The molecule has 22 heavy (non-hydrogen) atoms. The molecule has 2 heterocycles. The van der Waals surface area contributed by atoms with E-state index in [9.17, 15) is 4.39 Å². The summed E-state index contributed by atoms with van der Waals surface area (Å²) in [7, 11) is 0. The van der Waals surface area contributed by atoms with Crippen molar-refractivity contribution in [1.82, 2.24) is 9.61 Å². The zero-order valence-corrected chi connectivity index (χ0v) is 12.2. The number of anilines is 1. The molecular weight excluding hydrogens is 277 g/mol. The van der Waals surface area contributed by atoms with E-state index in [2.05, 4.69) is 16.5 Å². The topological polar surface area (TPSA) is 29.3 Å². The Morgan fingerprint density at radius 1 is 1.09 bits per heavy atom. The summed E-state index contributed by atoms with van der Waals surface area (Å²) >= 11 is 0. The molecule has 1 aromatic carbocycles. The highest BCUT2D eigenvalue weighted by molar-refractivity contribution is 5.66. The molecule has 1 saturated carbocycles. The van der Waals surface area contributed by atoms with E-state index in [4.69, 9.17) is 0 Å². The average Bonchev–Trinajstić information content (AvgIpc) is 3.17. The Hall–Kier alpha value is -2.36. The van der Waals surface area contributed by atoms with Gasteiger partial charge in [-0.1, -0.05) is 18.9 Å². The predicted octanol–water partition coefficient (Wildman–Crippen LogP) is 4.30. The number of halogens is 1. The van der Waals surface area contributed by atoms with Crippen LogP contribution in [0.4, 0.5) is 10.2 Å². The van der Waals surface area contributed by atoms with Gasteiger partial charge in [-0.3, -0.25) is 0 Å². The lowest BCUT2D eigenvalue weighted by molar-refractivity contribution is 0.628. The van der Waals surface area contributed by atoms with E-state index < -0.39 is 0 Å². The molecule has 0 amide bonds. The Kier molecular flexibility index (Phi) is 3.29. The summed E-state index contributed by atoms with van der Waals surface area (Å²) in [5.74, 6) is 0.755. The third kappa shape index (κ3) is 2.45. The molecule has 0 saturated heterocycles. The van der Waals surface area contributed by atoms with Crippen LogP contribution in [-0.2, 0) is 0 Å². The summed E-state index contributed by atoms with van der Waals surface area (Å²) in [6.45, 7) is 0. The van der Waals surface area contributed by atoms with Gasteiger partial charge in [-0.05, 0) is 49.2 Å². The van der Waals surface area contributed by atoms with Gasteiger partial charge in [-0.2, -0.15) is 5.10 Å². The van der Waals surface area contributed by atoms with Crippen molar-refractivity contribution in [2.45, 2.75) is 31.7 Å². The van der Waals surface area contributed by atoms with Crippen LogP contribution >= 0.6 is 0 Å². The second-order valence-electron chi connectivity index (χ2n) is 5.81. The quantitative estimate of drug-likeness (QED) is 0.780. The Morgan fingerprint density at radius 3 is 2.64 bits per heavy atom. The van der Waals surface area contributed by atoms with Gasteiger partial charge in [0.25, 0.3) is 0 Å². The van der Waals surface area contributed by atoms with E-state index >= 15 is 0 Å². The van der Waals surface area contributed by atoms with Crippen LogP contribution in [-0.4, -0.2) is 15.7 Å². The normalized spacial score (nSPS) is 15.5. The maximum atomic E-state index is 13.1. The maximum Gasteiger partial charge on any atom is 0.128 e. The number of benzene rings is 1. The average molecular weight is 294 g/mol. The number of hydrogen-bond acceptors (Lipinski definition) is 2. The van der Waals surface area contributed by atoms with Gasteiger partial charge < -0.3 is 5.32 Å². The standard InChI is InChI=1S/C18H17FN3/c19-14-10-8-13(9-11-14)17-12-16-6-3-7-18(22(16)21-17)20-15-4-1-2-5-15/h3,6-11,15,20H,1-2,4-5H2. The zero-order valence-electron chi connectivity index (χ0n) is 12.2. The van der Waals surface area contributed by atoms with Gasteiger partial charge in [-0.15, -0.1) is 0 Å². The largest absolute Gasteiger partial charge is 0.367 e. The molecular formula is C18H17FN3. The van der Waals surface area contributed by atoms with Crippen molar-refractivity contribution in [3.8, 4) is 11.3 Å². The van der Waals surface area contributed by atoms with E-state index in [1.807, 2.05) is 22.7 Å². The molecule has 4 rings (SSSR count). The number of hydrogen-bond donors (Lipinski definition) is 1. The van der Waals surface area contributed by atoms with E-state index in [-0.39, 0.29) is 5.82 Å². The fraction of sp³-hybridized carbons (Fsp3) is 0.278. The van der Waals surface area contributed by atoms with Gasteiger partial charge >= 0.3 is 0 Å². The van der Waals surface area contributed by atoms with Crippen molar-refractivity contribution in [2.75, 3.05) is 5.32 Å². The summed E-state index contributed by atoms with van der Waals surface area (Å²) in [5.41, 5.74) is 2.53. The molecule has 0 atom stereocenters. The van der Waals surface area contributed by atoms with E-state index in [0.717, 1.165) is 22.6 Å². The van der Waals surface area contributed by atoms with Crippen molar-refractivity contribution in [1.29, 1.82) is 0 Å². The third-order valence-electron chi connectivity index (χ3n) is 4.24. The van der Waals surface area contributed by atoms with Crippen molar-refractivity contribution in [3.05, 3.63) is 54.3 Å². The van der Waals surface area contributed by atoms with Crippen molar-refractivity contribution in [2.24, 2.45) is 0 Å². The van der Waals surface area contributed by atoms with Crippen LogP contribution in [0.5, 0.6) is 0 Å². The Bertz CT molecular complexity index is 786. The van der Waals surface area contributed by atoms with Gasteiger partial charge in [0.2, 0.25) is 0 Å². The van der Waals surface area contributed by atoms with Crippen LogP contribution in [0.25, 0.3) is 16.8 Å². The first-order chi connectivity index (χ1) is 10.8. The summed E-state index contributed by atoms with van der Waals surface area (Å²) < 4.78 is 14.9. The first-order valence-corrected chi connectivity index (χ1v) is 7.73. The van der Waals surface area contributed by atoms with Gasteiger partial charge in [0.15, 0.2) is 0 Å². The number of pyridine rings is 1. The van der Waals surface area contributed by atoms with Crippen LogP contribution in [0.2, 0.25) is 0 Å². The fourth-order valence-electron chi connectivity index (χ4n) is 3.08. The molecule has 2 aromatic heterocycles.